The summed E-state index contributed by atoms with van der Waals surface area (Å²) in [4.78, 5) is 54.1. The number of aromatic amines is 1. The Labute approximate surface area is 201 Å². The number of fused-ring (bicyclic) bond motifs is 1. The number of H-pyrrole nitrogens is 1. The zero-order valence-corrected chi connectivity index (χ0v) is 19.6. The van der Waals surface area contributed by atoms with E-state index in [4.69, 9.17) is 5.11 Å². The van der Waals surface area contributed by atoms with Crippen molar-refractivity contribution in [2.24, 2.45) is 0 Å². The molecule has 1 atom stereocenters. The third-order valence-electron chi connectivity index (χ3n) is 5.51. The van der Waals surface area contributed by atoms with E-state index in [0.29, 0.717) is 35.3 Å². The number of anilines is 1. The number of rotatable bonds is 11. The molecule has 35 heavy (non-hydrogen) atoms. The van der Waals surface area contributed by atoms with E-state index in [1.165, 1.54) is 0 Å². The van der Waals surface area contributed by atoms with Crippen LogP contribution in [-0.2, 0) is 22.6 Å². The number of aliphatic carboxylic acids is 2. The predicted molar refractivity (Wildman–Crippen MR) is 131 cm³/mol. The number of aromatic nitrogens is 2. The van der Waals surface area contributed by atoms with Gasteiger partial charge in [0.05, 0.1) is 10.9 Å². The van der Waals surface area contributed by atoms with E-state index in [1.807, 2.05) is 13.0 Å². The van der Waals surface area contributed by atoms with Crippen LogP contribution >= 0.6 is 0 Å². The van der Waals surface area contributed by atoms with Crippen LogP contribution < -0.4 is 16.2 Å². The third kappa shape index (κ3) is 6.66. The Kier molecular flexibility index (Phi) is 8.19. The Morgan fingerprint density at radius 3 is 2.57 bits per heavy atom. The molecule has 0 spiro atoms. The van der Waals surface area contributed by atoms with Gasteiger partial charge in [-0.2, -0.15) is 0 Å². The number of carbonyl (C=O) groups excluding carboxylic acids is 1. The highest BCUT2D eigenvalue weighted by Gasteiger charge is 2.22. The predicted octanol–water partition coefficient (Wildman–Crippen LogP) is 2.84. The SMILES string of the molecule is CCCc1cc(C(=O)NC(CCC(=O)O)C(=O)O)ccc1NCc1ccc2nc(C)[nH]c(=O)c2c1. The van der Waals surface area contributed by atoms with Gasteiger partial charge in [-0.15, -0.1) is 0 Å². The number of carbonyl (C=O) groups is 3. The second-order valence-corrected chi connectivity index (χ2v) is 8.28. The molecule has 0 aliphatic rings. The minimum atomic E-state index is -1.29. The first kappa shape index (κ1) is 25.4. The van der Waals surface area contributed by atoms with Gasteiger partial charge in [0.15, 0.2) is 0 Å². The molecule has 3 rings (SSSR count). The summed E-state index contributed by atoms with van der Waals surface area (Å²) in [7, 11) is 0. The number of carboxylic acid groups (broad SMARTS) is 2. The molecule has 10 heteroatoms. The molecule has 184 valence electrons. The Balaban J connectivity index is 1.76. The quantitative estimate of drug-likeness (QED) is 0.280. The lowest BCUT2D eigenvalue weighted by Crippen LogP contribution is -2.41. The first-order valence-corrected chi connectivity index (χ1v) is 11.3. The van der Waals surface area contributed by atoms with Gasteiger partial charge in [-0.25, -0.2) is 9.78 Å². The minimum Gasteiger partial charge on any atom is -0.481 e. The van der Waals surface area contributed by atoms with Crippen molar-refractivity contribution in [2.45, 2.75) is 52.1 Å². The summed E-state index contributed by atoms with van der Waals surface area (Å²) in [5.41, 5.74) is 3.31. The van der Waals surface area contributed by atoms with Gasteiger partial charge in [-0.05, 0) is 61.2 Å². The smallest absolute Gasteiger partial charge is 0.326 e. The molecule has 1 amide bonds. The van der Waals surface area contributed by atoms with Gasteiger partial charge in [0.2, 0.25) is 0 Å². The number of nitrogens with one attached hydrogen (secondary N) is 3. The maximum atomic E-state index is 12.7. The normalized spacial score (nSPS) is 11.7. The van der Waals surface area contributed by atoms with Gasteiger partial charge in [-0.3, -0.25) is 14.4 Å². The van der Waals surface area contributed by atoms with Crippen molar-refractivity contribution in [1.82, 2.24) is 15.3 Å². The minimum absolute atomic E-state index is 0.195. The zero-order chi connectivity index (χ0) is 25.5. The molecule has 0 aliphatic carbocycles. The molecule has 0 fully saturated rings. The number of hydrogen-bond acceptors (Lipinski definition) is 6. The monoisotopic (exact) mass is 480 g/mol. The van der Waals surface area contributed by atoms with Gasteiger partial charge < -0.3 is 25.8 Å². The molecule has 0 radical (unpaired) electrons. The zero-order valence-electron chi connectivity index (χ0n) is 19.6. The van der Waals surface area contributed by atoms with E-state index in [1.54, 1.807) is 37.3 Å². The van der Waals surface area contributed by atoms with E-state index in [2.05, 4.69) is 20.6 Å². The first-order chi connectivity index (χ1) is 16.7. The fraction of sp³-hybridized carbons (Fsp3) is 0.320. The van der Waals surface area contributed by atoms with Crippen molar-refractivity contribution < 1.29 is 24.6 Å². The number of aryl methyl sites for hydroxylation is 2. The van der Waals surface area contributed by atoms with E-state index >= 15 is 0 Å². The van der Waals surface area contributed by atoms with Crippen molar-refractivity contribution in [2.75, 3.05) is 5.32 Å². The molecule has 3 aromatic rings. The fourth-order valence-corrected chi connectivity index (χ4v) is 3.76. The summed E-state index contributed by atoms with van der Waals surface area (Å²) < 4.78 is 0. The molecule has 10 nitrogen and oxygen atoms in total. The highest BCUT2D eigenvalue weighted by atomic mass is 16.4. The van der Waals surface area contributed by atoms with Crippen LogP contribution in [0.1, 0.15) is 53.5 Å². The molecule has 5 N–H and O–H groups in total. The van der Waals surface area contributed by atoms with Crippen LogP contribution in [0.3, 0.4) is 0 Å². The van der Waals surface area contributed by atoms with Crippen molar-refractivity contribution in [3.05, 3.63) is 69.3 Å². The molecule has 0 saturated carbocycles. The molecule has 1 unspecified atom stereocenters. The number of amides is 1. The second-order valence-electron chi connectivity index (χ2n) is 8.28. The number of carboxylic acids is 2. The average molecular weight is 481 g/mol. The Bertz CT molecular complexity index is 1320. The van der Waals surface area contributed by atoms with E-state index in [-0.39, 0.29) is 18.4 Å². The maximum absolute atomic E-state index is 12.7. The van der Waals surface area contributed by atoms with Crippen LogP contribution in [0, 0.1) is 6.92 Å². The summed E-state index contributed by atoms with van der Waals surface area (Å²) in [5.74, 6) is -2.44. The van der Waals surface area contributed by atoms with E-state index in [0.717, 1.165) is 23.2 Å². The van der Waals surface area contributed by atoms with Crippen molar-refractivity contribution in [3.8, 4) is 0 Å². The molecule has 2 aromatic carbocycles. The first-order valence-electron chi connectivity index (χ1n) is 11.3. The largest absolute Gasteiger partial charge is 0.481 e. The second kappa shape index (κ2) is 11.3. The van der Waals surface area contributed by atoms with Crippen LogP contribution in [0.4, 0.5) is 5.69 Å². The lowest BCUT2D eigenvalue weighted by Gasteiger charge is -2.16. The summed E-state index contributed by atoms with van der Waals surface area (Å²) in [5, 5.41) is 24.3. The molecule has 1 aromatic heterocycles. The van der Waals surface area contributed by atoms with E-state index in [9.17, 15) is 24.3 Å². The summed E-state index contributed by atoms with van der Waals surface area (Å²) in [6.45, 7) is 4.18. The van der Waals surface area contributed by atoms with Gasteiger partial charge in [-0.1, -0.05) is 19.4 Å². The third-order valence-corrected chi connectivity index (χ3v) is 5.51. The van der Waals surface area contributed by atoms with Crippen molar-refractivity contribution in [3.63, 3.8) is 0 Å². The Morgan fingerprint density at radius 2 is 1.89 bits per heavy atom. The Morgan fingerprint density at radius 1 is 1.11 bits per heavy atom. The molecular formula is C25H28N4O6. The highest BCUT2D eigenvalue weighted by Crippen LogP contribution is 2.21. The number of nitrogens with zero attached hydrogens (tertiary/aromatic N) is 1. The van der Waals surface area contributed by atoms with Gasteiger partial charge >= 0.3 is 11.9 Å². The fourth-order valence-electron chi connectivity index (χ4n) is 3.76. The molecule has 1 heterocycles. The Hall–Kier alpha value is -4.21. The molecular weight excluding hydrogens is 452 g/mol. The van der Waals surface area contributed by atoms with Crippen LogP contribution in [0.15, 0.2) is 41.2 Å². The lowest BCUT2D eigenvalue weighted by atomic mass is 10.0. The lowest BCUT2D eigenvalue weighted by molar-refractivity contribution is -0.140. The molecule has 0 saturated heterocycles. The van der Waals surface area contributed by atoms with E-state index < -0.39 is 23.9 Å². The number of hydrogen-bond donors (Lipinski definition) is 5. The van der Waals surface area contributed by atoms with Crippen LogP contribution in [0.25, 0.3) is 10.9 Å². The summed E-state index contributed by atoms with van der Waals surface area (Å²) in [6, 6.07) is 9.24. The number of benzene rings is 2. The summed E-state index contributed by atoms with van der Waals surface area (Å²) >= 11 is 0. The van der Waals surface area contributed by atoms with Gasteiger partial charge in [0.25, 0.3) is 11.5 Å². The summed E-state index contributed by atoms with van der Waals surface area (Å²) in [6.07, 6.45) is 0.941. The van der Waals surface area contributed by atoms with Gasteiger partial charge in [0, 0.05) is 24.2 Å². The van der Waals surface area contributed by atoms with Crippen LogP contribution in [0.5, 0.6) is 0 Å². The topological polar surface area (TPSA) is 161 Å². The highest BCUT2D eigenvalue weighted by molar-refractivity contribution is 5.97. The van der Waals surface area contributed by atoms with Crippen LogP contribution in [-0.4, -0.2) is 44.1 Å². The molecule has 0 bridgehead atoms. The van der Waals surface area contributed by atoms with Gasteiger partial charge in [0.1, 0.15) is 11.9 Å². The standard InChI is InChI=1S/C25H28N4O6/c1-3-4-16-12-17(23(32)29-21(25(34)35)9-10-22(30)31)6-8-19(16)26-13-15-5-7-20-18(11-15)24(33)28-14(2)27-20/h5-8,11-12,21,26H,3-4,9-10,13H2,1-2H3,(H,29,32)(H,30,31)(H,34,35)(H,27,28,33). The van der Waals surface area contributed by atoms with Crippen LogP contribution in [0.2, 0.25) is 0 Å². The average Bonchev–Trinajstić information content (AvgIpc) is 2.80. The van der Waals surface area contributed by atoms with Crippen molar-refractivity contribution in [1.29, 1.82) is 0 Å². The molecule has 0 aliphatic heterocycles. The van der Waals surface area contributed by atoms with Crippen molar-refractivity contribution >= 4 is 34.4 Å². The maximum Gasteiger partial charge on any atom is 0.326 e.